The molecule has 0 saturated heterocycles. The number of pyridine rings is 1. The lowest BCUT2D eigenvalue weighted by molar-refractivity contribution is 0.0751. The van der Waals surface area contributed by atoms with E-state index >= 15 is 0 Å². The van der Waals surface area contributed by atoms with Crippen molar-refractivity contribution in [3.05, 3.63) is 94.0 Å². The third-order valence-electron chi connectivity index (χ3n) is 3.78. The zero-order chi connectivity index (χ0) is 17.8. The Bertz CT molecular complexity index is 928. The Balaban J connectivity index is 1.68. The molecule has 128 valence electrons. The number of halogens is 1. The van der Waals surface area contributed by atoms with Crippen molar-refractivity contribution in [2.45, 2.75) is 13.1 Å². The van der Waals surface area contributed by atoms with Crippen molar-refractivity contribution in [1.82, 2.24) is 9.47 Å². The predicted octanol–water partition coefficient (Wildman–Crippen LogP) is 2.90. The van der Waals surface area contributed by atoms with Crippen LogP contribution in [0.2, 0.25) is 0 Å². The number of benzene rings is 1. The largest absolute Gasteiger partial charge is 0.454 e. The fourth-order valence-corrected chi connectivity index (χ4v) is 2.46. The van der Waals surface area contributed by atoms with E-state index in [2.05, 4.69) is 0 Å². The van der Waals surface area contributed by atoms with E-state index in [1.54, 1.807) is 49.6 Å². The summed E-state index contributed by atoms with van der Waals surface area (Å²) in [5.74, 6) is 0.121. The molecule has 0 bridgehead atoms. The first-order valence-corrected chi connectivity index (χ1v) is 7.77. The van der Waals surface area contributed by atoms with Crippen LogP contribution < -0.4 is 5.56 Å². The zero-order valence-electron chi connectivity index (χ0n) is 13.7. The van der Waals surface area contributed by atoms with Crippen LogP contribution >= 0.6 is 0 Å². The van der Waals surface area contributed by atoms with Gasteiger partial charge in [-0.05, 0) is 35.9 Å². The van der Waals surface area contributed by atoms with Gasteiger partial charge in [0.05, 0.1) is 6.54 Å². The van der Waals surface area contributed by atoms with Gasteiger partial charge in [-0.25, -0.2) is 4.39 Å². The first-order valence-electron chi connectivity index (χ1n) is 7.77. The van der Waals surface area contributed by atoms with Crippen molar-refractivity contribution < 1.29 is 13.6 Å². The van der Waals surface area contributed by atoms with Crippen LogP contribution in [-0.4, -0.2) is 22.4 Å². The second-order valence-electron chi connectivity index (χ2n) is 5.72. The molecule has 1 aromatic carbocycles. The standard InChI is InChI=1S/C19H17FN2O3/c1-21(12-14-5-7-15(20)8-6-14)19(24)17-10-9-16(25-17)13-22-11-3-2-4-18(22)23/h2-11H,12-13H2,1H3. The summed E-state index contributed by atoms with van der Waals surface area (Å²) in [6.07, 6.45) is 1.66. The molecule has 0 N–H and O–H groups in total. The van der Waals surface area contributed by atoms with E-state index in [0.29, 0.717) is 12.3 Å². The summed E-state index contributed by atoms with van der Waals surface area (Å²) in [6, 6.07) is 14.1. The van der Waals surface area contributed by atoms with Crippen molar-refractivity contribution >= 4 is 5.91 Å². The monoisotopic (exact) mass is 340 g/mol. The van der Waals surface area contributed by atoms with Gasteiger partial charge in [-0.2, -0.15) is 0 Å². The Morgan fingerprint density at radius 2 is 1.88 bits per heavy atom. The number of hydrogen-bond acceptors (Lipinski definition) is 3. The van der Waals surface area contributed by atoms with Gasteiger partial charge in [0.2, 0.25) is 0 Å². The number of amides is 1. The Labute approximate surface area is 143 Å². The summed E-state index contributed by atoms with van der Waals surface area (Å²) in [5, 5.41) is 0. The molecule has 2 aromatic heterocycles. The highest BCUT2D eigenvalue weighted by atomic mass is 19.1. The average molecular weight is 340 g/mol. The first-order chi connectivity index (χ1) is 12.0. The minimum atomic E-state index is -0.315. The van der Waals surface area contributed by atoms with E-state index < -0.39 is 0 Å². The number of hydrogen-bond donors (Lipinski definition) is 0. The number of aromatic nitrogens is 1. The molecule has 0 fully saturated rings. The molecule has 2 heterocycles. The van der Waals surface area contributed by atoms with Crippen LogP contribution in [0.4, 0.5) is 4.39 Å². The van der Waals surface area contributed by atoms with Crippen LogP contribution in [0.15, 0.2) is 70.0 Å². The maximum Gasteiger partial charge on any atom is 0.289 e. The molecule has 0 atom stereocenters. The molecule has 0 radical (unpaired) electrons. The molecule has 0 unspecified atom stereocenters. The molecule has 0 aliphatic rings. The molecule has 0 aliphatic heterocycles. The highest BCUT2D eigenvalue weighted by Gasteiger charge is 2.16. The van der Waals surface area contributed by atoms with Gasteiger partial charge in [0.15, 0.2) is 5.76 Å². The van der Waals surface area contributed by atoms with Crippen LogP contribution in [0.5, 0.6) is 0 Å². The van der Waals surface area contributed by atoms with E-state index in [4.69, 9.17) is 4.42 Å². The predicted molar refractivity (Wildman–Crippen MR) is 90.7 cm³/mol. The summed E-state index contributed by atoms with van der Waals surface area (Å²) in [5.41, 5.74) is 0.681. The van der Waals surface area contributed by atoms with E-state index in [9.17, 15) is 14.0 Å². The smallest absolute Gasteiger partial charge is 0.289 e. The van der Waals surface area contributed by atoms with Crippen LogP contribution in [0.25, 0.3) is 0 Å². The lowest BCUT2D eigenvalue weighted by Gasteiger charge is -2.15. The van der Waals surface area contributed by atoms with Crippen LogP contribution in [0, 0.1) is 5.82 Å². The fraction of sp³-hybridized carbons (Fsp3) is 0.158. The zero-order valence-corrected chi connectivity index (χ0v) is 13.7. The van der Waals surface area contributed by atoms with Crippen molar-refractivity contribution in [2.75, 3.05) is 7.05 Å². The molecule has 25 heavy (non-hydrogen) atoms. The number of nitrogens with zero attached hydrogens (tertiary/aromatic N) is 2. The molecule has 0 aliphatic carbocycles. The SMILES string of the molecule is CN(Cc1ccc(F)cc1)C(=O)c1ccc(Cn2ccccc2=O)o1. The van der Waals surface area contributed by atoms with E-state index in [1.807, 2.05) is 0 Å². The van der Waals surface area contributed by atoms with Crippen molar-refractivity contribution in [3.63, 3.8) is 0 Å². The lowest BCUT2D eigenvalue weighted by atomic mass is 10.2. The van der Waals surface area contributed by atoms with Gasteiger partial charge in [0.1, 0.15) is 11.6 Å². The second kappa shape index (κ2) is 7.17. The number of rotatable bonds is 5. The quantitative estimate of drug-likeness (QED) is 0.718. The normalized spacial score (nSPS) is 10.6. The van der Waals surface area contributed by atoms with Gasteiger partial charge in [-0.1, -0.05) is 18.2 Å². The van der Waals surface area contributed by atoms with Gasteiger partial charge in [-0.15, -0.1) is 0 Å². The van der Waals surface area contributed by atoms with E-state index in [-0.39, 0.29) is 29.6 Å². The third kappa shape index (κ3) is 4.03. The molecule has 0 saturated carbocycles. The van der Waals surface area contributed by atoms with Gasteiger partial charge in [-0.3, -0.25) is 9.59 Å². The second-order valence-corrected chi connectivity index (χ2v) is 5.72. The summed E-state index contributed by atoms with van der Waals surface area (Å²) >= 11 is 0. The van der Waals surface area contributed by atoms with Gasteiger partial charge >= 0.3 is 0 Å². The highest BCUT2D eigenvalue weighted by Crippen LogP contribution is 2.13. The first kappa shape index (κ1) is 16.7. The molecular weight excluding hydrogens is 323 g/mol. The average Bonchev–Trinajstić information content (AvgIpc) is 3.07. The Morgan fingerprint density at radius 1 is 1.12 bits per heavy atom. The van der Waals surface area contributed by atoms with Crippen LogP contribution in [0.1, 0.15) is 21.9 Å². The maximum absolute atomic E-state index is 12.9. The van der Waals surface area contributed by atoms with E-state index in [1.165, 1.54) is 27.7 Å². The number of carbonyl (C=O) groups is 1. The van der Waals surface area contributed by atoms with Crippen molar-refractivity contribution in [1.29, 1.82) is 0 Å². The molecule has 6 heteroatoms. The molecule has 5 nitrogen and oxygen atoms in total. The van der Waals surface area contributed by atoms with Gasteiger partial charge in [0, 0.05) is 25.9 Å². The lowest BCUT2D eigenvalue weighted by Crippen LogP contribution is -2.25. The minimum absolute atomic E-state index is 0.139. The maximum atomic E-state index is 12.9. The Morgan fingerprint density at radius 3 is 2.60 bits per heavy atom. The molecule has 0 spiro atoms. The van der Waals surface area contributed by atoms with Crippen molar-refractivity contribution in [2.24, 2.45) is 0 Å². The number of carbonyl (C=O) groups excluding carboxylic acids is 1. The van der Waals surface area contributed by atoms with Crippen LogP contribution in [0.3, 0.4) is 0 Å². The summed E-state index contributed by atoms with van der Waals surface area (Å²) in [4.78, 5) is 25.6. The van der Waals surface area contributed by atoms with Crippen LogP contribution in [-0.2, 0) is 13.1 Å². The molecule has 3 rings (SSSR count). The summed E-state index contributed by atoms with van der Waals surface area (Å²) < 4.78 is 20.0. The summed E-state index contributed by atoms with van der Waals surface area (Å²) in [7, 11) is 1.65. The fourth-order valence-electron chi connectivity index (χ4n) is 2.46. The Kier molecular flexibility index (Phi) is 4.79. The molecular formula is C19H17FN2O3. The number of furan rings is 1. The van der Waals surface area contributed by atoms with E-state index in [0.717, 1.165) is 5.56 Å². The van der Waals surface area contributed by atoms with Crippen molar-refractivity contribution in [3.8, 4) is 0 Å². The van der Waals surface area contributed by atoms with Gasteiger partial charge in [0.25, 0.3) is 11.5 Å². The third-order valence-corrected chi connectivity index (χ3v) is 3.78. The van der Waals surface area contributed by atoms with Gasteiger partial charge < -0.3 is 13.9 Å². The summed E-state index contributed by atoms with van der Waals surface area (Å²) in [6.45, 7) is 0.599. The Hall–Kier alpha value is -3.15. The highest BCUT2D eigenvalue weighted by molar-refractivity contribution is 5.91. The molecule has 3 aromatic rings. The molecule has 1 amide bonds. The minimum Gasteiger partial charge on any atom is -0.454 e. The topological polar surface area (TPSA) is 55.5 Å².